The molecule has 6 heteroatoms. The Kier molecular flexibility index (Phi) is 5.78. The van der Waals surface area contributed by atoms with Crippen molar-refractivity contribution in [1.29, 1.82) is 0 Å². The predicted molar refractivity (Wildman–Crippen MR) is 85.8 cm³/mol. The van der Waals surface area contributed by atoms with Crippen LogP contribution < -0.4 is 5.32 Å². The van der Waals surface area contributed by atoms with Crippen LogP contribution in [0.5, 0.6) is 0 Å². The van der Waals surface area contributed by atoms with Crippen LogP contribution in [0.4, 0.5) is 0 Å². The number of hydrogen-bond donors (Lipinski definition) is 1. The highest BCUT2D eigenvalue weighted by Crippen LogP contribution is 2.27. The van der Waals surface area contributed by atoms with Crippen molar-refractivity contribution in [3.05, 3.63) is 44.1 Å². The van der Waals surface area contributed by atoms with Gasteiger partial charge in [0.05, 0.1) is 26.8 Å². The van der Waals surface area contributed by atoms with Gasteiger partial charge in [-0.3, -0.25) is 4.98 Å². The Balaban J connectivity index is 2.22. The van der Waals surface area contributed by atoms with Crippen molar-refractivity contribution < 1.29 is 0 Å². The second-order valence-electron chi connectivity index (χ2n) is 4.61. The van der Waals surface area contributed by atoms with Crippen LogP contribution in [0.3, 0.4) is 0 Å². The molecule has 0 saturated heterocycles. The van der Waals surface area contributed by atoms with E-state index in [9.17, 15) is 0 Å². The first-order valence-corrected chi connectivity index (χ1v) is 8.19. The van der Waals surface area contributed by atoms with Crippen molar-refractivity contribution in [2.45, 2.75) is 32.7 Å². The van der Waals surface area contributed by atoms with Crippen LogP contribution >= 0.6 is 34.5 Å². The van der Waals surface area contributed by atoms with E-state index in [4.69, 9.17) is 23.2 Å². The summed E-state index contributed by atoms with van der Waals surface area (Å²) < 4.78 is 0. The topological polar surface area (TPSA) is 37.8 Å². The van der Waals surface area contributed by atoms with Crippen molar-refractivity contribution in [3.8, 4) is 0 Å². The molecule has 0 fully saturated rings. The molecule has 2 heterocycles. The zero-order chi connectivity index (χ0) is 14.5. The lowest BCUT2D eigenvalue weighted by atomic mass is 10.1. The van der Waals surface area contributed by atoms with Gasteiger partial charge in [0, 0.05) is 23.7 Å². The molecule has 2 aromatic rings. The molecule has 0 spiro atoms. The molecule has 3 nitrogen and oxygen atoms in total. The SMILES string of the molecule is CCCNC(Cc1nc(C)cs1)c1ncc(Cl)cc1Cl. The van der Waals surface area contributed by atoms with Crippen LogP contribution in [-0.4, -0.2) is 16.5 Å². The van der Waals surface area contributed by atoms with Gasteiger partial charge in [0.25, 0.3) is 0 Å². The number of pyridine rings is 1. The number of aromatic nitrogens is 2. The van der Waals surface area contributed by atoms with Crippen LogP contribution in [0, 0.1) is 6.92 Å². The van der Waals surface area contributed by atoms with Crippen molar-refractivity contribution in [2.75, 3.05) is 6.54 Å². The average molecular weight is 330 g/mol. The Labute approximate surface area is 133 Å². The van der Waals surface area contributed by atoms with Crippen molar-refractivity contribution >= 4 is 34.5 Å². The molecule has 1 N–H and O–H groups in total. The molecule has 0 bridgehead atoms. The second-order valence-corrected chi connectivity index (χ2v) is 6.40. The Hall–Kier alpha value is -0.680. The van der Waals surface area contributed by atoms with E-state index in [1.54, 1.807) is 23.6 Å². The van der Waals surface area contributed by atoms with Crippen molar-refractivity contribution in [3.63, 3.8) is 0 Å². The van der Waals surface area contributed by atoms with Gasteiger partial charge in [0.2, 0.25) is 0 Å². The van der Waals surface area contributed by atoms with Crippen LogP contribution in [0.1, 0.15) is 35.8 Å². The highest BCUT2D eigenvalue weighted by atomic mass is 35.5. The van der Waals surface area contributed by atoms with E-state index >= 15 is 0 Å². The average Bonchev–Trinajstić information content (AvgIpc) is 2.80. The monoisotopic (exact) mass is 329 g/mol. The van der Waals surface area contributed by atoms with E-state index in [1.165, 1.54) is 0 Å². The van der Waals surface area contributed by atoms with Gasteiger partial charge >= 0.3 is 0 Å². The van der Waals surface area contributed by atoms with Gasteiger partial charge in [-0.05, 0) is 26.0 Å². The number of rotatable bonds is 6. The first-order valence-electron chi connectivity index (χ1n) is 6.55. The minimum atomic E-state index is 0.0604. The number of halogens is 2. The first-order chi connectivity index (χ1) is 9.60. The molecule has 108 valence electrons. The second kappa shape index (κ2) is 7.36. The zero-order valence-corrected chi connectivity index (χ0v) is 13.8. The smallest absolute Gasteiger partial charge is 0.0947 e. The van der Waals surface area contributed by atoms with Gasteiger partial charge in [-0.15, -0.1) is 11.3 Å². The molecule has 0 aromatic carbocycles. The van der Waals surface area contributed by atoms with Crippen LogP contribution in [0.2, 0.25) is 10.0 Å². The molecule has 1 atom stereocenters. The molecule has 20 heavy (non-hydrogen) atoms. The maximum Gasteiger partial charge on any atom is 0.0947 e. The van der Waals surface area contributed by atoms with E-state index in [0.717, 1.165) is 35.8 Å². The number of thiazole rings is 1. The Bertz CT molecular complexity index is 571. The van der Waals surface area contributed by atoms with E-state index in [2.05, 4.69) is 27.6 Å². The fraction of sp³-hybridized carbons (Fsp3) is 0.429. The summed E-state index contributed by atoms with van der Waals surface area (Å²) in [4.78, 5) is 8.90. The summed E-state index contributed by atoms with van der Waals surface area (Å²) in [6, 6.07) is 1.80. The van der Waals surface area contributed by atoms with E-state index in [0.29, 0.717) is 10.0 Å². The van der Waals surface area contributed by atoms with Crippen LogP contribution in [0.15, 0.2) is 17.6 Å². The largest absolute Gasteiger partial charge is 0.308 e. The highest BCUT2D eigenvalue weighted by molar-refractivity contribution is 7.09. The summed E-state index contributed by atoms with van der Waals surface area (Å²) in [6.45, 7) is 5.05. The molecular formula is C14H17Cl2N3S. The van der Waals surface area contributed by atoms with Crippen molar-refractivity contribution in [2.24, 2.45) is 0 Å². The minimum absolute atomic E-state index is 0.0604. The quantitative estimate of drug-likeness (QED) is 0.851. The summed E-state index contributed by atoms with van der Waals surface area (Å²) in [5.74, 6) is 0. The standard InChI is InChI=1S/C14H17Cl2N3S/c1-3-4-17-12(6-13-19-9(2)8-20-13)14-11(16)5-10(15)7-18-14/h5,7-8,12,17H,3-4,6H2,1-2H3. The lowest BCUT2D eigenvalue weighted by Crippen LogP contribution is -2.25. The van der Waals surface area contributed by atoms with Gasteiger partial charge in [-0.25, -0.2) is 4.98 Å². The molecule has 0 saturated carbocycles. The normalized spacial score (nSPS) is 12.6. The third-order valence-electron chi connectivity index (χ3n) is 2.85. The van der Waals surface area contributed by atoms with Crippen LogP contribution in [-0.2, 0) is 6.42 Å². The summed E-state index contributed by atoms with van der Waals surface area (Å²) >= 11 is 13.8. The molecule has 2 aromatic heterocycles. The first kappa shape index (κ1) is 15.7. The number of hydrogen-bond acceptors (Lipinski definition) is 4. The van der Waals surface area contributed by atoms with E-state index in [1.807, 2.05) is 6.92 Å². The summed E-state index contributed by atoms with van der Waals surface area (Å²) in [5.41, 5.74) is 1.88. The number of aryl methyl sites for hydroxylation is 1. The maximum atomic E-state index is 6.27. The van der Waals surface area contributed by atoms with Gasteiger partial charge in [0.15, 0.2) is 0 Å². The van der Waals surface area contributed by atoms with Crippen LogP contribution in [0.25, 0.3) is 0 Å². The molecule has 0 aliphatic heterocycles. The van der Waals surface area contributed by atoms with Gasteiger partial charge < -0.3 is 5.32 Å². The van der Waals surface area contributed by atoms with E-state index in [-0.39, 0.29) is 6.04 Å². The Morgan fingerprint density at radius 3 is 2.80 bits per heavy atom. The summed E-state index contributed by atoms with van der Waals surface area (Å²) in [7, 11) is 0. The molecule has 0 aliphatic carbocycles. The lowest BCUT2D eigenvalue weighted by molar-refractivity contribution is 0.517. The molecular weight excluding hydrogens is 313 g/mol. The molecule has 1 unspecified atom stereocenters. The van der Waals surface area contributed by atoms with Crippen molar-refractivity contribution in [1.82, 2.24) is 15.3 Å². The van der Waals surface area contributed by atoms with E-state index < -0.39 is 0 Å². The third-order valence-corrected chi connectivity index (χ3v) is 4.35. The number of nitrogens with one attached hydrogen (secondary N) is 1. The third kappa shape index (κ3) is 4.16. The molecule has 0 aliphatic rings. The maximum absolute atomic E-state index is 6.27. The Morgan fingerprint density at radius 1 is 1.40 bits per heavy atom. The summed E-state index contributed by atoms with van der Waals surface area (Å²) in [6.07, 6.45) is 3.47. The Morgan fingerprint density at radius 2 is 2.20 bits per heavy atom. The molecule has 0 amide bonds. The minimum Gasteiger partial charge on any atom is -0.308 e. The summed E-state index contributed by atoms with van der Waals surface area (Å²) in [5, 5.41) is 7.78. The molecule has 2 rings (SSSR count). The highest BCUT2D eigenvalue weighted by Gasteiger charge is 2.18. The molecule has 0 radical (unpaired) electrons. The van der Waals surface area contributed by atoms with Gasteiger partial charge in [-0.1, -0.05) is 30.1 Å². The fourth-order valence-corrected chi connectivity index (χ4v) is 3.27. The number of nitrogens with zero attached hydrogens (tertiary/aromatic N) is 2. The lowest BCUT2D eigenvalue weighted by Gasteiger charge is -2.18. The van der Waals surface area contributed by atoms with Gasteiger partial charge in [0.1, 0.15) is 0 Å². The predicted octanol–water partition coefficient (Wildman–Crippen LogP) is 4.44. The van der Waals surface area contributed by atoms with Gasteiger partial charge in [-0.2, -0.15) is 0 Å². The fourth-order valence-electron chi connectivity index (χ4n) is 1.94. The zero-order valence-electron chi connectivity index (χ0n) is 11.5.